The average Bonchev–Trinajstić information content (AvgIpc) is 3.06. The molecule has 0 aliphatic carbocycles. The molecular weight excluding hydrogens is 488 g/mol. The van der Waals surface area contributed by atoms with Crippen molar-refractivity contribution in [1.82, 2.24) is 14.8 Å². The molecule has 0 fully saturated rings. The van der Waals surface area contributed by atoms with Crippen molar-refractivity contribution in [2.45, 2.75) is 32.0 Å². The standard InChI is InChI=1S/C21H22BrClN4O2S/c1-12-6-5-7-18(13(12)2)29-14(3)20-25-26-21(27(20)4)30-11-19(28)24-17-9-8-15(22)10-16(17)23/h5-10,14H,11H2,1-4H3,(H,24,28). The fraction of sp³-hybridized carbons (Fsp3) is 0.286. The van der Waals surface area contributed by atoms with Crippen LogP contribution in [0.25, 0.3) is 0 Å². The fourth-order valence-electron chi connectivity index (χ4n) is 2.81. The normalized spacial score (nSPS) is 11.9. The SMILES string of the molecule is Cc1cccc(OC(C)c2nnc(SCC(=O)Nc3ccc(Br)cc3Cl)n2C)c1C. The molecule has 0 saturated heterocycles. The van der Waals surface area contributed by atoms with Crippen molar-refractivity contribution < 1.29 is 9.53 Å². The maximum atomic E-state index is 12.3. The van der Waals surface area contributed by atoms with Crippen LogP contribution in [-0.2, 0) is 11.8 Å². The Bertz CT molecular complexity index is 1070. The van der Waals surface area contributed by atoms with Gasteiger partial charge in [-0.25, -0.2) is 0 Å². The molecule has 1 unspecified atom stereocenters. The Morgan fingerprint density at radius 1 is 1.30 bits per heavy atom. The molecule has 0 saturated carbocycles. The number of nitrogens with one attached hydrogen (secondary N) is 1. The third-order valence-electron chi connectivity index (χ3n) is 4.63. The number of aromatic nitrogens is 3. The second kappa shape index (κ2) is 9.85. The number of ether oxygens (including phenoxy) is 1. The maximum Gasteiger partial charge on any atom is 0.234 e. The number of aryl methyl sites for hydroxylation is 1. The van der Waals surface area contributed by atoms with E-state index in [4.69, 9.17) is 16.3 Å². The number of rotatable bonds is 7. The molecule has 0 radical (unpaired) electrons. The van der Waals surface area contributed by atoms with Gasteiger partial charge in [0.2, 0.25) is 5.91 Å². The Kier molecular flexibility index (Phi) is 7.44. The van der Waals surface area contributed by atoms with Gasteiger partial charge in [0, 0.05) is 11.5 Å². The monoisotopic (exact) mass is 508 g/mol. The van der Waals surface area contributed by atoms with E-state index >= 15 is 0 Å². The summed E-state index contributed by atoms with van der Waals surface area (Å²) in [6.45, 7) is 6.02. The highest BCUT2D eigenvalue weighted by molar-refractivity contribution is 9.10. The Balaban J connectivity index is 1.62. The minimum Gasteiger partial charge on any atom is -0.482 e. The first-order valence-electron chi connectivity index (χ1n) is 9.26. The molecule has 6 nitrogen and oxygen atoms in total. The highest BCUT2D eigenvalue weighted by Crippen LogP contribution is 2.28. The van der Waals surface area contributed by atoms with E-state index in [0.717, 1.165) is 15.8 Å². The molecule has 1 heterocycles. The average molecular weight is 510 g/mol. The summed E-state index contributed by atoms with van der Waals surface area (Å²) < 4.78 is 8.80. The molecule has 0 bridgehead atoms. The van der Waals surface area contributed by atoms with Crippen molar-refractivity contribution in [3.63, 3.8) is 0 Å². The molecule has 0 aliphatic rings. The Morgan fingerprint density at radius 3 is 2.80 bits per heavy atom. The minimum atomic E-state index is -0.284. The molecule has 1 amide bonds. The summed E-state index contributed by atoms with van der Waals surface area (Å²) in [5.41, 5.74) is 2.84. The van der Waals surface area contributed by atoms with Crippen LogP contribution in [0.3, 0.4) is 0 Å². The zero-order valence-electron chi connectivity index (χ0n) is 17.1. The number of hydrogen-bond donors (Lipinski definition) is 1. The number of carbonyl (C=O) groups excluding carboxylic acids is 1. The van der Waals surface area contributed by atoms with Gasteiger partial charge in [-0.2, -0.15) is 0 Å². The van der Waals surface area contributed by atoms with E-state index < -0.39 is 0 Å². The molecule has 0 aliphatic heterocycles. The summed E-state index contributed by atoms with van der Waals surface area (Å²) in [4.78, 5) is 12.3. The van der Waals surface area contributed by atoms with Gasteiger partial charge in [0.25, 0.3) is 0 Å². The van der Waals surface area contributed by atoms with E-state index in [-0.39, 0.29) is 17.8 Å². The van der Waals surface area contributed by atoms with Crippen LogP contribution in [0, 0.1) is 13.8 Å². The molecule has 1 aromatic heterocycles. The molecular formula is C21H22BrClN4O2S. The fourth-order valence-corrected chi connectivity index (χ4v) is 4.25. The molecule has 3 aromatic rings. The van der Waals surface area contributed by atoms with Gasteiger partial charge in [0.1, 0.15) is 5.75 Å². The predicted octanol–water partition coefficient (Wildman–Crippen LogP) is 5.72. The number of benzene rings is 2. The second-order valence-corrected chi connectivity index (χ2v) is 9.08. The third-order valence-corrected chi connectivity index (χ3v) is 6.45. The molecule has 158 valence electrons. The summed E-state index contributed by atoms with van der Waals surface area (Å²) >= 11 is 10.8. The molecule has 9 heteroatoms. The van der Waals surface area contributed by atoms with Gasteiger partial charge >= 0.3 is 0 Å². The first-order chi connectivity index (χ1) is 14.3. The van der Waals surface area contributed by atoms with Gasteiger partial charge in [-0.15, -0.1) is 10.2 Å². The van der Waals surface area contributed by atoms with Crippen LogP contribution < -0.4 is 10.1 Å². The zero-order chi connectivity index (χ0) is 21.8. The van der Waals surface area contributed by atoms with Crippen molar-refractivity contribution in [2.75, 3.05) is 11.1 Å². The lowest BCUT2D eigenvalue weighted by Crippen LogP contribution is -2.15. The van der Waals surface area contributed by atoms with E-state index in [2.05, 4.69) is 44.4 Å². The summed E-state index contributed by atoms with van der Waals surface area (Å²) in [5.74, 6) is 1.53. The van der Waals surface area contributed by atoms with Crippen LogP contribution in [-0.4, -0.2) is 26.4 Å². The van der Waals surface area contributed by atoms with Gasteiger partial charge in [-0.05, 0) is 56.2 Å². The minimum absolute atomic E-state index is 0.173. The summed E-state index contributed by atoms with van der Waals surface area (Å²) in [6, 6.07) is 11.3. The lowest BCUT2D eigenvalue weighted by Gasteiger charge is -2.16. The number of hydrogen-bond acceptors (Lipinski definition) is 5. The van der Waals surface area contributed by atoms with Crippen molar-refractivity contribution in [2.24, 2.45) is 7.05 Å². The number of amides is 1. The topological polar surface area (TPSA) is 69.0 Å². The lowest BCUT2D eigenvalue weighted by atomic mass is 10.1. The molecule has 30 heavy (non-hydrogen) atoms. The largest absolute Gasteiger partial charge is 0.482 e. The molecule has 2 aromatic carbocycles. The van der Waals surface area contributed by atoms with Gasteiger partial charge < -0.3 is 14.6 Å². The molecule has 1 N–H and O–H groups in total. The van der Waals surface area contributed by atoms with Gasteiger partial charge in [0.05, 0.1) is 16.5 Å². The third kappa shape index (κ3) is 5.36. The summed E-state index contributed by atoms with van der Waals surface area (Å²) in [6.07, 6.45) is -0.284. The molecule has 0 spiro atoms. The Hall–Kier alpha value is -2.03. The van der Waals surface area contributed by atoms with Crippen LogP contribution in [0.15, 0.2) is 46.0 Å². The van der Waals surface area contributed by atoms with Crippen LogP contribution >= 0.6 is 39.3 Å². The van der Waals surface area contributed by atoms with Crippen LogP contribution in [0.4, 0.5) is 5.69 Å². The van der Waals surface area contributed by atoms with E-state index in [0.29, 0.717) is 21.7 Å². The smallest absolute Gasteiger partial charge is 0.234 e. The first kappa shape index (κ1) is 22.7. The summed E-state index contributed by atoms with van der Waals surface area (Å²) in [7, 11) is 1.87. The lowest BCUT2D eigenvalue weighted by molar-refractivity contribution is -0.113. The zero-order valence-corrected chi connectivity index (χ0v) is 20.2. The van der Waals surface area contributed by atoms with Crippen molar-refractivity contribution in [1.29, 1.82) is 0 Å². The molecule has 3 rings (SSSR count). The number of halogens is 2. The van der Waals surface area contributed by atoms with Crippen molar-refractivity contribution >= 4 is 50.9 Å². The highest BCUT2D eigenvalue weighted by Gasteiger charge is 2.19. The van der Waals surface area contributed by atoms with E-state index in [1.807, 2.05) is 43.7 Å². The van der Waals surface area contributed by atoms with Crippen LogP contribution in [0.5, 0.6) is 5.75 Å². The van der Waals surface area contributed by atoms with E-state index in [9.17, 15) is 4.79 Å². The number of anilines is 1. The number of thioether (sulfide) groups is 1. The van der Waals surface area contributed by atoms with Crippen LogP contribution in [0.2, 0.25) is 5.02 Å². The Labute approximate surface area is 193 Å². The van der Waals surface area contributed by atoms with Crippen molar-refractivity contribution in [3.05, 3.63) is 62.8 Å². The first-order valence-corrected chi connectivity index (χ1v) is 11.4. The van der Waals surface area contributed by atoms with E-state index in [1.165, 1.54) is 17.3 Å². The van der Waals surface area contributed by atoms with Crippen LogP contribution in [0.1, 0.15) is 30.0 Å². The number of carbonyl (C=O) groups is 1. The summed E-state index contributed by atoms with van der Waals surface area (Å²) in [5, 5.41) is 12.4. The number of nitrogens with zero attached hydrogens (tertiary/aromatic N) is 3. The quantitative estimate of drug-likeness (QED) is 0.413. The Morgan fingerprint density at radius 2 is 2.07 bits per heavy atom. The van der Waals surface area contributed by atoms with Gasteiger partial charge in [-0.1, -0.05) is 51.4 Å². The highest BCUT2D eigenvalue weighted by atomic mass is 79.9. The van der Waals surface area contributed by atoms with E-state index in [1.54, 1.807) is 12.1 Å². The second-order valence-electron chi connectivity index (χ2n) is 6.82. The van der Waals surface area contributed by atoms with Gasteiger partial charge in [0.15, 0.2) is 17.1 Å². The maximum absolute atomic E-state index is 12.3. The molecule has 1 atom stereocenters. The predicted molar refractivity (Wildman–Crippen MR) is 124 cm³/mol. The van der Waals surface area contributed by atoms with Gasteiger partial charge in [-0.3, -0.25) is 4.79 Å². The van der Waals surface area contributed by atoms with Crippen molar-refractivity contribution in [3.8, 4) is 5.75 Å².